The van der Waals surface area contributed by atoms with Crippen LogP contribution in [0.15, 0.2) is 48.5 Å². The molecule has 0 aromatic heterocycles. The second-order valence-corrected chi connectivity index (χ2v) is 6.00. The number of hydrogen-bond donors (Lipinski definition) is 1. The number of anilines is 1. The lowest BCUT2D eigenvalue weighted by molar-refractivity contribution is 0.575. The molecule has 2 aromatic rings. The van der Waals surface area contributed by atoms with Gasteiger partial charge < -0.3 is 10.6 Å². The summed E-state index contributed by atoms with van der Waals surface area (Å²) in [6.07, 6.45) is 3.92. The van der Waals surface area contributed by atoms with Gasteiger partial charge in [0.15, 0.2) is 0 Å². The van der Waals surface area contributed by atoms with E-state index in [1.54, 1.807) is 0 Å². The molecule has 3 rings (SSSR count). The normalized spacial score (nSPS) is 16.0. The minimum atomic E-state index is -0.0521. The Kier molecular flexibility index (Phi) is 5.87. The van der Waals surface area contributed by atoms with Crippen molar-refractivity contribution in [3.05, 3.63) is 65.2 Å². The van der Waals surface area contributed by atoms with Gasteiger partial charge in [-0.2, -0.15) is 0 Å². The number of nitrogens with zero attached hydrogens (tertiary/aromatic N) is 1. The van der Waals surface area contributed by atoms with E-state index in [9.17, 15) is 0 Å². The summed E-state index contributed by atoms with van der Waals surface area (Å²) in [5.41, 5.74) is 11.6. The first-order chi connectivity index (χ1) is 10.3. The second-order valence-electron chi connectivity index (χ2n) is 6.00. The zero-order valence-corrected chi connectivity index (χ0v) is 14.0. The molecule has 118 valence electrons. The highest BCUT2D eigenvalue weighted by molar-refractivity contribution is 5.85. The van der Waals surface area contributed by atoms with Crippen LogP contribution in [0.3, 0.4) is 0 Å². The second kappa shape index (κ2) is 7.66. The van der Waals surface area contributed by atoms with Crippen molar-refractivity contribution in [2.45, 2.75) is 32.2 Å². The van der Waals surface area contributed by atoms with Gasteiger partial charge in [-0.25, -0.2) is 0 Å². The van der Waals surface area contributed by atoms with E-state index < -0.39 is 0 Å². The quantitative estimate of drug-likeness (QED) is 0.906. The Morgan fingerprint density at radius 3 is 2.32 bits per heavy atom. The largest absolute Gasteiger partial charge is 0.371 e. The molecule has 22 heavy (non-hydrogen) atoms. The molecule has 1 unspecified atom stereocenters. The molecule has 3 heteroatoms. The number of piperidine rings is 1. The lowest BCUT2D eigenvalue weighted by Gasteiger charge is -2.32. The molecular weight excluding hydrogens is 292 g/mol. The summed E-state index contributed by atoms with van der Waals surface area (Å²) in [6.45, 7) is 4.46. The first-order valence-electron chi connectivity index (χ1n) is 7.92. The van der Waals surface area contributed by atoms with Crippen LogP contribution in [0.25, 0.3) is 0 Å². The molecule has 1 atom stereocenters. The Morgan fingerprint density at radius 1 is 0.955 bits per heavy atom. The summed E-state index contributed by atoms with van der Waals surface area (Å²) < 4.78 is 0. The third-order valence-corrected chi connectivity index (χ3v) is 4.38. The number of aryl methyl sites for hydroxylation is 1. The van der Waals surface area contributed by atoms with Crippen molar-refractivity contribution in [3.8, 4) is 0 Å². The van der Waals surface area contributed by atoms with Gasteiger partial charge >= 0.3 is 0 Å². The summed E-state index contributed by atoms with van der Waals surface area (Å²) in [5.74, 6) is 0. The van der Waals surface area contributed by atoms with Crippen molar-refractivity contribution in [1.82, 2.24) is 0 Å². The van der Waals surface area contributed by atoms with Gasteiger partial charge in [-0.05, 0) is 48.9 Å². The van der Waals surface area contributed by atoms with E-state index in [0.29, 0.717) is 0 Å². The number of hydrogen-bond acceptors (Lipinski definition) is 2. The average Bonchev–Trinajstić information content (AvgIpc) is 2.56. The fourth-order valence-corrected chi connectivity index (χ4v) is 3.17. The fraction of sp³-hybridized carbons (Fsp3) is 0.368. The molecule has 2 N–H and O–H groups in total. The number of benzene rings is 2. The average molecular weight is 317 g/mol. The van der Waals surface area contributed by atoms with Crippen molar-refractivity contribution in [3.63, 3.8) is 0 Å². The molecule has 0 spiro atoms. The Morgan fingerprint density at radius 2 is 1.64 bits per heavy atom. The predicted molar refractivity (Wildman–Crippen MR) is 97.0 cm³/mol. The van der Waals surface area contributed by atoms with Gasteiger partial charge in [0.1, 0.15) is 0 Å². The first kappa shape index (κ1) is 16.9. The molecule has 1 heterocycles. The number of nitrogens with two attached hydrogens (primary N) is 1. The predicted octanol–water partition coefficient (Wildman–Crippen LogP) is 4.46. The molecular formula is C19H25ClN2. The third kappa shape index (κ3) is 3.63. The van der Waals surface area contributed by atoms with E-state index in [1.807, 2.05) is 6.07 Å². The molecule has 0 radical (unpaired) electrons. The lowest BCUT2D eigenvalue weighted by Crippen LogP contribution is -2.31. The maximum Gasteiger partial charge on any atom is 0.0572 e. The Hall–Kier alpha value is -1.51. The van der Waals surface area contributed by atoms with Gasteiger partial charge in [0.2, 0.25) is 0 Å². The van der Waals surface area contributed by atoms with Crippen molar-refractivity contribution in [2.24, 2.45) is 5.73 Å². The maximum absolute atomic E-state index is 6.55. The molecule has 1 fully saturated rings. The first-order valence-corrected chi connectivity index (χ1v) is 7.92. The minimum Gasteiger partial charge on any atom is -0.371 e. The van der Waals surface area contributed by atoms with Crippen LogP contribution in [0.2, 0.25) is 0 Å². The molecule has 0 aliphatic carbocycles. The topological polar surface area (TPSA) is 29.3 Å². The van der Waals surface area contributed by atoms with Gasteiger partial charge in [-0.3, -0.25) is 0 Å². The molecule has 1 aliphatic rings. The Bertz CT molecular complexity index is 592. The van der Waals surface area contributed by atoms with Gasteiger partial charge in [0.05, 0.1) is 6.04 Å². The molecule has 1 aliphatic heterocycles. The maximum atomic E-state index is 6.55. The zero-order chi connectivity index (χ0) is 14.7. The highest BCUT2D eigenvalue weighted by atomic mass is 35.5. The SMILES string of the molecule is Cc1ccc(C(N)c2ccccc2)c(N2CCCCC2)c1.Cl. The highest BCUT2D eigenvalue weighted by Gasteiger charge is 2.19. The summed E-state index contributed by atoms with van der Waals surface area (Å²) in [4.78, 5) is 2.51. The molecule has 0 saturated carbocycles. The van der Waals surface area contributed by atoms with E-state index in [1.165, 1.54) is 41.6 Å². The monoisotopic (exact) mass is 316 g/mol. The van der Waals surface area contributed by atoms with Crippen molar-refractivity contribution >= 4 is 18.1 Å². The summed E-state index contributed by atoms with van der Waals surface area (Å²) in [7, 11) is 0. The van der Waals surface area contributed by atoms with E-state index in [0.717, 1.165) is 13.1 Å². The van der Waals surface area contributed by atoms with Crippen LogP contribution in [0.4, 0.5) is 5.69 Å². The van der Waals surface area contributed by atoms with Gasteiger partial charge in [0, 0.05) is 18.8 Å². The number of rotatable bonds is 3. The van der Waals surface area contributed by atoms with Crippen LogP contribution < -0.4 is 10.6 Å². The molecule has 0 bridgehead atoms. The Labute approximate surface area is 139 Å². The van der Waals surface area contributed by atoms with E-state index in [2.05, 4.69) is 54.3 Å². The molecule has 2 nitrogen and oxygen atoms in total. The molecule has 0 amide bonds. The summed E-state index contributed by atoms with van der Waals surface area (Å²) >= 11 is 0. The van der Waals surface area contributed by atoms with E-state index >= 15 is 0 Å². The van der Waals surface area contributed by atoms with Gasteiger partial charge in [-0.1, -0.05) is 42.5 Å². The van der Waals surface area contributed by atoms with Gasteiger partial charge in [0.25, 0.3) is 0 Å². The summed E-state index contributed by atoms with van der Waals surface area (Å²) in [5, 5.41) is 0. The Balaban J connectivity index is 0.00000176. The third-order valence-electron chi connectivity index (χ3n) is 4.38. The number of halogens is 1. The molecule has 2 aromatic carbocycles. The van der Waals surface area contributed by atoms with Crippen LogP contribution in [-0.4, -0.2) is 13.1 Å². The highest BCUT2D eigenvalue weighted by Crippen LogP contribution is 2.31. The van der Waals surface area contributed by atoms with Crippen molar-refractivity contribution in [2.75, 3.05) is 18.0 Å². The van der Waals surface area contributed by atoms with Crippen LogP contribution in [0.1, 0.15) is 42.0 Å². The van der Waals surface area contributed by atoms with Crippen molar-refractivity contribution in [1.29, 1.82) is 0 Å². The fourth-order valence-electron chi connectivity index (χ4n) is 3.17. The zero-order valence-electron chi connectivity index (χ0n) is 13.2. The van der Waals surface area contributed by atoms with Gasteiger partial charge in [-0.15, -0.1) is 12.4 Å². The van der Waals surface area contributed by atoms with Crippen molar-refractivity contribution < 1.29 is 0 Å². The smallest absolute Gasteiger partial charge is 0.0572 e. The van der Waals surface area contributed by atoms with Crippen LogP contribution in [0, 0.1) is 6.92 Å². The van der Waals surface area contributed by atoms with Crippen LogP contribution in [-0.2, 0) is 0 Å². The van der Waals surface area contributed by atoms with E-state index in [4.69, 9.17) is 5.73 Å². The minimum absolute atomic E-state index is 0. The standard InChI is InChI=1S/C19H24N2.ClH/c1-15-10-11-17(19(20)16-8-4-2-5-9-16)18(14-15)21-12-6-3-7-13-21;/h2,4-5,8-11,14,19H,3,6-7,12-13,20H2,1H3;1H. The van der Waals surface area contributed by atoms with Crippen LogP contribution in [0.5, 0.6) is 0 Å². The molecule has 1 saturated heterocycles. The van der Waals surface area contributed by atoms with Crippen LogP contribution >= 0.6 is 12.4 Å². The summed E-state index contributed by atoms with van der Waals surface area (Å²) in [6, 6.07) is 17.0. The lowest BCUT2D eigenvalue weighted by atomic mass is 9.95. The van der Waals surface area contributed by atoms with E-state index in [-0.39, 0.29) is 18.4 Å².